The third kappa shape index (κ3) is 9.06. The lowest BCUT2D eigenvalue weighted by atomic mass is 9.98. The summed E-state index contributed by atoms with van der Waals surface area (Å²) in [6.07, 6.45) is 3.02. The molecule has 0 bridgehead atoms. The standard InChI is InChI=1S/C28H38N2O4S/c1-4-5-10-26(31)30(16-15-29-27(32)23(19-35)17-20(2)3)18-21-11-13-22(14-12-21)24-8-6-7-9-25(24)28(33)34/h6-9,11-14,20,23,35H,4-5,10,15-19H2,1-3H3,(H,29,32)(H,33,34). The number of amides is 2. The Morgan fingerprint density at radius 1 is 1.06 bits per heavy atom. The number of benzene rings is 2. The van der Waals surface area contributed by atoms with Crippen molar-refractivity contribution < 1.29 is 19.5 Å². The van der Waals surface area contributed by atoms with Gasteiger partial charge in [-0.1, -0.05) is 69.7 Å². The fourth-order valence-electron chi connectivity index (χ4n) is 4.00. The summed E-state index contributed by atoms with van der Waals surface area (Å²) in [5, 5.41) is 12.4. The highest BCUT2D eigenvalue weighted by Crippen LogP contribution is 2.24. The van der Waals surface area contributed by atoms with E-state index in [-0.39, 0.29) is 23.3 Å². The molecule has 0 saturated carbocycles. The molecule has 0 radical (unpaired) electrons. The van der Waals surface area contributed by atoms with Gasteiger partial charge in [0.15, 0.2) is 0 Å². The molecule has 1 unspecified atom stereocenters. The lowest BCUT2D eigenvalue weighted by Gasteiger charge is -2.24. The number of carboxylic acids is 1. The summed E-state index contributed by atoms with van der Waals surface area (Å²) in [5.41, 5.74) is 2.67. The normalized spacial score (nSPS) is 11.8. The number of carbonyl (C=O) groups is 3. The quantitative estimate of drug-likeness (QED) is 0.309. The Balaban J connectivity index is 2.08. The number of unbranched alkanes of at least 4 members (excludes halogenated alkanes) is 1. The van der Waals surface area contributed by atoms with Gasteiger partial charge in [0.1, 0.15) is 0 Å². The van der Waals surface area contributed by atoms with Gasteiger partial charge in [0.25, 0.3) is 0 Å². The molecule has 0 aliphatic carbocycles. The van der Waals surface area contributed by atoms with Gasteiger partial charge in [-0.2, -0.15) is 12.6 Å². The smallest absolute Gasteiger partial charge is 0.336 e. The summed E-state index contributed by atoms with van der Waals surface area (Å²) in [7, 11) is 0. The van der Waals surface area contributed by atoms with Crippen LogP contribution in [-0.2, 0) is 16.1 Å². The summed E-state index contributed by atoms with van der Waals surface area (Å²) in [6, 6.07) is 14.5. The van der Waals surface area contributed by atoms with Crippen molar-refractivity contribution in [2.24, 2.45) is 11.8 Å². The van der Waals surface area contributed by atoms with Gasteiger partial charge in [0.2, 0.25) is 11.8 Å². The molecule has 2 amide bonds. The highest BCUT2D eigenvalue weighted by atomic mass is 32.1. The Morgan fingerprint density at radius 3 is 2.34 bits per heavy atom. The van der Waals surface area contributed by atoms with Gasteiger partial charge in [-0.05, 0) is 41.5 Å². The van der Waals surface area contributed by atoms with Crippen LogP contribution < -0.4 is 5.32 Å². The van der Waals surface area contributed by atoms with E-state index >= 15 is 0 Å². The highest BCUT2D eigenvalue weighted by Gasteiger charge is 2.19. The van der Waals surface area contributed by atoms with E-state index in [1.54, 1.807) is 23.1 Å². The molecule has 190 valence electrons. The first-order valence-corrected chi connectivity index (χ1v) is 13.0. The number of nitrogens with zero attached hydrogens (tertiary/aromatic N) is 1. The average molecular weight is 499 g/mol. The molecule has 2 rings (SSSR count). The molecule has 0 aliphatic heterocycles. The summed E-state index contributed by atoms with van der Waals surface area (Å²) in [5.74, 6) is -0.141. The SMILES string of the molecule is CCCCC(=O)N(CCNC(=O)C(CS)CC(C)C)Cc1ccc(-c2ccccc2C(=O)O)cc1. The van der Waals surface area contributed by atoms with Gasteiger partial charge in [-0.25, -0.2) is 4.79 Å². The van der Waals surface area contributed by atoms with Crippen molar-refractivity contribution in [2.45, 2.75) is 53.0 Å². The zero-order valence-electron chi connectivity index (χ0n) is 21.0. The maximum absolute atomic E-state index is 12.9. The summed E-state index contributed by atoms with van der Waals surface area (Å²) >= 11 is 4.32. The number of hydrogen-bond acceptors (Lipinski definition) is 4. The predicted octanol–water partition coefficient (Wildman–Crippen LogP) is 5.28. The van der Waals surface area contributed by atoms with Gasteiger partial charge in [-0.3, -0.25) is 9.59 Å². The summed E-state index contributed by atoms with van der Waals surface area (Å²) < 4.78 is 0. The molecule has 0 fully saturated rings. The number of thiol groups is 1. The van der Waals surface area contributed by atoms with E-state index in [0.29, 0.717) is 43.3 Å². The molecule has 7 heteroatoms. The molecule has 2 aromatic carbocycles. The monoisotopic (exact) mass is 498 g/mol. The second-order valence-corrected chi connectivity index (χ2v) is 9.63. The second kappa shape index (κ2) is 14.6. The minimum Gasteiger partial charge on any atom is -0.478 e. The number of rotatable bonds is 14. The molecule has 6 nitrogen and oxygen atoms in total. The third-order valence-electron chi connectivity index (χ3n) is 5.92. The van der Waals surface area contributed by atoms with Gasteiger partial charge in [-0.15, -0.1) is 0 Å². The topological polar surface area (TPSA) is 86.7 Å². The Bertz CT molecular complexity index is 975. The van der Waals surface area contributed by atoms with Crippen LogP contribution in [0.15, 0.2) is 48.5 Å². The first kappa shape index (κ1) is 28.4. The lowest BCUT2D eigenvalue weighted by molar-refractivity contribution is -0.132. The van der Waals surface area contributed by atoms with Gasteiger partial charge in [0.05, 0.1) is 5.56 Å². The number of carbonyl (C=O) groups excluding carboxylic acids is 2. The molecule has 2 aromatic rings. The molecular formula is C28H38N2O4S. The molecule has 0 saturated heterocycles. The third-order valence-corrected chi connectivity index (χ3v) is 6.36. The minimum atomic E-state index is -0.965. The maximum atomic E-state index is 12.9. The van der Waals surface area contributed by atoms with E-state index in [0.717, 1.165) is 30.4 Å². The Kier molecular flexibility index (Phi) is 11.8. The zero-order chi connectivity index (χ0) is 25.8. The fraction of sp³-hybridized carbons (Fsp3) is 0.464. The first-order chi connectivity index (χ1) is 16.8. The van der Waals surface area contributed by atoms with E-state index < -0.39 is 5.97 Å². The number of hydrogen-bond donors (Lipinski definition) is 3. The minimum absolute atomic E-state index is 0.0175. The van der Waals surface area contributed by atoms with Gasteiger partial charge >= 0.3 is 5.97 Å². The van der Waals surface area contributed by atoms with E-state index in [2.05, 4.69) is 38.7 Å². The van der Waals surface area contributed by atoms with Crippen LogP contribution in [0.25, 0.3) is 11.1 Å². The second-order valence-electron chi connectivity index (χ2n) is 9.27. The fourth-order valence-corrected chi connectivity index (χ4v) is 4.32. The maximum Gasteiger partial charge on any atom is 0.336 e. The lowest BCUT2D eigenvalue weighted by Crippen LogP contribution is -2.40. The van der Waals surface area contributed by atoms with Crippen LogP contribution in [0.3, 0.4) is 0 Å². The summed E-state index contributed by atoms with van der Waals surface area (Å²) in [6.45, 7) is 7.48. The van der Waals surface area contributed by atoms with Crippen molar-refractivity contribution in [3.8, 4) is 11.1 Å². The van der Waals surface area contributed by atoms with Crippen LogP contribution in [0.4, 0.5) is 0 Å². The molecule has 0 spiro atoms. The van der Waals surface area contributed by atoms with Crippen molar-refractivity contribution in [2.75, 3.05) is 18.8 Å². The average Bonchev–Trinajstić information content (AvgIpc) is 2.85. The van der Waals surface area contributed by atoms with E-state index in [1.807, 2.05) is 30.3 Å². The zero-order valence-corrected chi connectivity index (χ0v) is 21.9. The molecule has 1 atom stereocenters. The molecule has 0 aromatic heterocycles. The predicted molar refractivity (Wildman–Crippen MR) is 144 cm³/mol. The Hall–Kier alpha value is -2.80. The molecule has 0 heterocycles. The van der Waals surface area contributed by atoms with Crippen molar-refractivity contribution in [3.63, 3.8) is 0 Å². The van der Waals surface area contributed by atoms with Crippen molar-refractivity contribution in [1.29, 1.82) is 0 Å². The van der Waals surface area contributed by atoms with Crippen LogP contribution in [0.5, 0.6) is 0 Å². The van der Waals surface area contributed by atoms with Crippen LogP contribution in [0.1, 0.15) is 62.4 Å². The Labute approximate surface area is 214 Å². The van der Waals surface area contributed by atoms with Gasteiger partial charge < -0.3 is 15.3 Å². The van der Waals surface area contributed by atoms with Crippen molar-refractivity contribution >= 4 is 30.4 Å². The Morgan fingerprint density at radius 2 is 1.74 bits per heavy atom. The van der Waals surface area contributed by atoms with Crippen LogP contribution in [0, 0.1) is 11.8 Å². The van der Waals surface area contributed by atoms with E-state index in [4.69, 9.17) is 0 Å². The van der Waals surface area contributed by atoms with Crippen molar-refractivity contribution in [1.82, 2.24) is 10.2 Å². The van der Waals surface area contributed by atoms with Crippen molar-refractivity contribution in [3.05, 3.63) is 59.7 Å². The largest absolute Gasteiger partial charge is 0.478 e. The van der Waals surface area contributed by atoms with Crippen LogP contribution in [-0.4, -0.2) is 46.6 Å². The van der Waals surface area contributed by atoms with E-state index in [1.165, 1.54) is 0 Å². The number of carboxylic acid groups (broad SMARTS) is 1. The molecule has 0 aliphatic rings. The number of aromatic carboxylic acids is 1. The molecule has 2 N–H and O–H groups in total. The van der Waals surface area contributed by atoms with Gasteiger partial charge in [0, 0.05) is 37.7 Å². The summed E-state index contributed by atoms with van der Waals surface area (Å²) in [4.78, 5) is 38.7. The number of nitrogens with one attached hydrogen (secondary N) is 1. The molecular weight excluding hydrogens is 460 g/mol. The van der Waals surface area contributed by atoms with Crippen LogP contribution >= 0.6 is 12.6 Å². The first-order valence-electron chi connectivity index (χ1n) is 12.3. The van der Waals surface area contributed by atoms with Crippen LogP contribution in [0.2, 0.25) is 0 Å². The highest BCUT2D eigenvalue weighted by molar-refractivity contribution is 7.80. The van der Waals surface area contributed by atoms with E-state index in [9.17, 15) is 19.5 Å². The molecule has 35 heavy (non-hydrogen) atoms.